The van der Waals surface area contributed by atoms with E-state index < -0.39 is 5.54 Å². The molecule has 0 N–H and O–H groups in total. The van der Waals surface area contributed by atoms with Crippen molar-refractivity contribution in [2.45, 2.75) is 50.2 Å². The summed E-state index contributed by atoms with van der Waals surface area (Å²) in [5.41, 5.74) is 2.05. The Balaban J connectivity index is 1.29. The highest BCUT2D eigenvalue weighted by Gasteiger charge is 2.47. The van der Waals surface area contributed by atoms with E-state index in [1.54, 1.807) is 0 Å². The topological polar surface area (TPSA) is 80.0 Å². The number of pyridine rings is 1. The van der Waals surface area contributed by atoms with Gasteiger partial charge in [0, 0.05) is 38.1 Å². The fourth-order valence-corrected chi connectivity index (χ4v) is 5.73. The van der Waals surface area contributed by atoms with Crippen LogP contribution in [0.3, 0.4) is 0 Å². The van der Waals surface area contributed by atoms with Crippen molar-refractivity contribution >= 4 is 17.5 Å². The number of hydrogen-bond donors (Lipinski definition) is 0. The maximum absolute atomic E-state index is 13.8. The standard InChI is InChI=1S/C25H27N5O3/c31-22(28-13-5-8-20(28)23-27-26-21-9-3-4-12-29(21)23)16-25(10-14-33-15-11-25)30-17-18-6-1-2-7-19(18)24(30)32/h1-4,6-7,9,12,20H,5,8,10-11,13-17H2. The Kier molecular flexibility index (Phi) is 4.90. The van der Waals surface area contributed by atoms with Crippen LogP contribution in [0.25, 0.3) is 5.65 Å². The van der Waals surface area contributed by atoms with E-state index in [4.69, 9.17) is 4.74 Å². The number of benzene rings is 1. The molecule has 0 saturated carbocycles. The van der Waals surface area contributed by atoms with Crippen LogP contribution in [0.5, 0.6) is 0 Å². The zero-order valence-corrected chi connectivity index (χ0v) is 18.5. The molecule has 1 atom stereocenters. The Morgan fingerprint density at radius 2 is 1.91 bits per heavy atom. The van der Waals surface area contributed by atoms with Gasteiger partial charge in [0.05, 0.1) is 18.0 Å². The number of aromatic nitrogens is 3. The zero-order chi connectivity index (χ0) is 22.4. The van der Waals surface area contributed by atoms with Crippen LogP contribution in [-0.2, 0) is 16.1 Å². The van der Waals surface area contributed by atoms with E-state index in [2.05, 4.69) is 10.2 Å². The summed E-state index contributed by atoms with van der Waals surface area (Å²) < 4.78 is 7.62. The molecule has 0 bridgehead atoms. The molecule has 1 aromatic carbocycles. The average molecular weight is 446 g/mol. The molecule has 2 aromatic heterocycles. The summed E-state index contributed by atoms with van der Waals surface area (Å²) in [5.74, 6) is 0.916. The van der Waals surface area contributed by atoms with Gasteiger partial charge >= 0.3 is 0 Å². The SMILES string of the molecule is O=C(CC1(N2Cc3ccccc3C2=O)CCOCC1)N1CCCC1c1nnc2ccccn12. The molecule has 8 heteroatoms. The first kappa shape index (κ1) is 20.4. The summed E-state index contributed by atoms with van der Waals surface area (Å²) in [6, 6.07) is 13.5. The van der Waals surface area contributed by atoms with Crippen molar-refractivity contribution < 1.29 is 14.3 Å². The molecule has 3 aliphatic heterocycles. The molecule has 0 radical (unpaired) electrons. The molecule has 3 aliphatic rings. The monoisotopic (exact) mass is 445 g/mol. The van der Waals surface area contributed by atoms with E-state index in [1.807, 2.05) is 62.9 Å². The zero-order valence-electron chi connectivity index (χ0n) is 18.5. The van der Waals surface area contributed by atoms with Gasteiger partial charge in [-0.05, 0) is 49.4 Å². The molecule has 33 heavy (non-hydrogen) atoms. The van der Waals surface area contributed by atoms with Crippen LogP contribution in [0, 0.1) is 0 Å². The lowest BCUT2D eigenvalue weighted by Gasteiger charge is -2.45. The van der Waals surface area contributed by atoms with E-state index >= 15 is 0 Å². The quantitative estimate of drug-likeness (QED) is 0.617. The number of ether oxygens (including phenoxy) is 1. The van der Waals surface area contributed by atoms with Crippen LogP contribution < -0.4 is 0 Å². The van der Waals surface area contributed by atoms with Gasteiger partial charge < -0.3 is 14.5 Å². The second kappa shape index (κ2) is 7.95. The maximum Gasteiger partial charge on any atom is 0.254 e. The fraction of sp³-hybridized carbons (Fsp3) is 0.440. The van der Waals surface area contributed by atoms with Crippen LogP contribution >= 0.6 is 0 Å². The van der Waals surface area contributed by atoms with Gasteiger partial charge in [0.2, 0.25) is 5.91 Å². The van der Waals surface area contributed by atoms with Crippen molar-refractivity contribution in [1.29, 1.82) is 0 Å². The van der Waals surface area contributed by atoms with Crippen LogP contribution in [0.4, 0.5) is 0 Å². The molecule has 0 aliphatic carbocycles. The summed E-state index contributed by atoms with van der Waals surface area (Å²) in [6.45, 7) is 2.38. The molecule has 6 rings (SSSR count). The normalized spacial score (nSPS) is 22.2. The first-order valence-electron chi connectivity index (χ1n) is 11.7. The van der Waals surface area contributed by atoms with Gasteiger partial charge in [0.25, 0.3) is 5.91 Å². The molecule has 5 heterocycles. The van der Waals surface area contributed by atoms with E-state index in [9.17, 15) is 9.59 Å². The van der Waals surface area contributed by atoms with E-state index in [0.29, 0.717) is 45.6 Å². The predicted molar refractivity (Wildman–Crippen MR) is 120 cm³/mol. The summed E-state index contributed by atoms with van der Waals surface area (Å²) in [6.07, 6.45) is 5.40. The maximum atomic E-state index is 13.8. The first-order valence-corrected chi connectivity index (χ1v) is 11.7. The molecular weight excluding hydrogens is 418 g/mol. The summed E-state index contributed by atoms with van der Waals surface area (Å²) in [4.78, 5) is 31.0. The minimum Gasteiger partial charge on any atom is -0.381 e. The van der Waals surface area contributed by atoms with Gasteiger partial charge in [-0.3, -0.25) is 14.0 Å². The smallest absolute Gasteiger partial charge is 0.254 e. The van der Waals surface area contributed by atoms with Gasteiger partial charge in [0.15, 0.2) is 11.5 Å². The first-order chi connectivity index (χ1) is 16.2. The molecular formula is C25H27N5O3. The Bertz CT molecular complexity index is 1220. The minimum atomic E-state index is -0.522. The average Bonchev–Trinajstić information content (AvgIpc) is 3.57. The second-order valence-corrected chi connectivity index (χ2v) is 9.29. The lowest BCUT2D eigenvalue weighted by molar-refractivity contribution is -0.137. The number of rotatable bonds is 4. The van der Waals surface area contributed by atoms with Crippen molar-refractivity contribution in [3.63, 3.8) is 0 Å². The predicted octanol–water partition coefficient (Wildman–Crippen LogP) is 2.99. The third-order valence-corrected chi connectivity index (χ3v) is 7.51. The van der Waals surface area contributed by atoms with E-state index in [1.165, 1.54) is 0 Å². The van der Waals surface area contributed by atoms with Crippen LogP contribution in [0.15, 0.2) is 48.7 Å². The molecule has 2 fully saturated rings. The van der Waals surface area contributed by atoms with Gasteiger partial charge in [-0.2, -0.15) is 0 Å². The Labute approximate surface area is 192 Å². The van der Waals surface area contributed by atoms with Crippen molar-refractivity contribution in [2.24, 2.45) is 0 Å². The molecule has 170 valence electrons. The van der Waals surface area contributed by atoms with Crippen LogP contribution in [0.1, 0.15) is 59.9 Å². The molecule has 3 aromatic rings. The molecule has 2 saturated heterocycles. The number of likely N-dealkylation sites (tertiary alicyclic amines) is 1. The third kappa shape index (κ3) is 3.31. The number of amides is 2. The largest absolute Gasteiger partial charge is 0.381 e. The molecule has 0 spiro atoms. The van der Waals surface area contributed by atoms with Crippen molar-refractivity contribution in [2.75, 3.05) is 19.8 Å². The molecule has 1 unspecified atom stereocenters. The van der Waals surface area contributed by atoms with E-state index in [-0.39, 0.29) is 17.9 Å². The van der Waals surface area contributed by atoms with Gasteiger partial charge in [-0.25, -0.2) is 0 Å². The lowest BCUT2D eigenvalue weighted by Crippen LogP contribution is -2.55. The number of nitrogens with zero attached hydrogens (tertiary/aromatic N) is 5. The van der Waals surface area contributed by atoms with Crippen molar-refractivity contribution in [3.8, 4) is 0 Å². The lowest BCUT2D eigenvalue weighted by atomic mass is 9.84. The van der Waals surface area contributed by atoms with Gasteiger partial charge in [-0.15, -0.1) is 10.2 Å². The van der Waals surface area contributed by atoms with Crippen molar-refractivity contribution in [1.82, 2.24) is 24.4 Å². The summed E-state index contributed by atoms with van der Waals surface area (Å²) >= 11 is 0. The van der Waals surface area contributed by atoms with Crippen LogP contribution in [0.2, 0.25) is 0 Å². The molecule has 2 amide bonds. The number of carbonyl (C=O) groups is 2. The Morgan fingerprint density at radius 1 is 1.09 bits per heavy atom. The number of carbonyl (C=O) groups excluding carboxylic acids is 2. The highest BCUT2D eigenvalue weighted by Crippen LogP contribution is 2.40. The van der Waals surface area contributed by atoms with E-state index in [0.717, 1.165) is 35.4 Å². The number of fused-ring (bicyclic) bond motifs is 2. The Hall–Kier alpha value is -3.26. The summed E-state index contributed by atoms with van der Waals surface area (Å²) in [5, 5.41) is 8.71. The highest BCUT2D eigenvalue weighted by atomic mass is 16.5. The fourth-order valence-electron chi connectivity index (χ4n) is 5.73. The van der Waals surface area contributed by atoms with Crippen molar-refractivity contribution in [3.05, 3.63) is 65.6 Å². The minimum absolute atomic E-state index is 0.0294. The molecule has 8 nitrogen and oxygen atoms in total. The van der Waals surface area contributed by atoms with Gasteiger partial charge in [0.1, 0.15) is 0 Å². The Morgan fingerprint density at radius 3 is 2.76 bits per heavy atom. The number of hydrogen-bond acceptors (Lipinski definition) is 5. The summed E-state index contributed by atoms with van der Waals surface area (Å²) in [7, 11) is 0. The van der Waals surface area contributed by atoms with Crippen LogP contribution in [-0.4, -0.2) is 61.5 Å². The second-order valence-electron chi connectivity index (χ2n) is 9.29. The third-order valence-electron chi connectivity index (χ3n) is 7.51. The van der Waals surface area contributed by atoms with Gasteiger partial charge in [-0.1, -0.05) is 24.3 Å². The highest BCUT2D eigenvalue weighted by molar-refractivity contribution is 5.99.